The van der Waals surface area contributed by atoms with Crippen molar-refractivity contribution in [3.63, 3.8) is 0 Å². The molecule has 1 amide bonds. The van der Waals surface area contributed by atoms with Crippen molar-refractivity contribution in [2.24, 2.45) is 0 Å². The predicted molar refractivity (Wildman–Crippen MR) is 102 cm³/mol. The van der Waals surface area contributed by atoms with Crippen LogP contribution < -0.4 is 11.1 Å². The molecule has 3 nitrogen and oxygen atoms in total. The van der Waals surface area contributed by atoms with E-state index in [1.54, 1.807) is 42.1 Å². The first-order valence-electron chi connectivity index (χ1n) is 7.78. The number of halogens is 2. The number of nitrogens with two attached hydrogens (primary N) is 1. The van der Waals surface area contributed by atoms with E-state index < -0.39 is 11.6 Å². The molecule has 0 aromatic heterocycles. The highest BCUT2D eigenvalue weighted by molar-refractivity contribution is 7.98. The number of carbonyl (C=O) groups excluding carboxylic acids is 1. The molecule has 3 rings (SSSR count). The number of hydrogen-bond acceptors (Lipinski definition) is 3. The van der Waals surface area contributed by atoms with Crippen molar-refractivity contribution in [2.45, 2.75) is 4.90 Å². The van der Waals surface area contributed by atoms with Gasteiger partial charge in [-0.1, -0.05) is 12.1 Å². The number of carbonyl (C=O) groups is 1. The Morgan fingerprint density at radius 3 is 2.23 bits per heavy atom. The van der Waals surface area contributed by atoms with Crippen LogP contribution in [0.2, 0.25) is 0 Å². The van der Waals surface area contributed by atoms with Crippen molar-refractivity contribution in [2.75, 3.05) is 17.3 Å². The number of thioether (sulfide) groups is 1. The molecule has 0 radical (unpaired) electrons. The fraction of sp³-hybridized carbons (Fsp3) is 0.0500. The van der Waals surface area contributed by atoms with Crippen molar-refractivity contribution in [3.8, 4) is 11.1 Å². The molecule has 0 bridgehead atoms. The highest BCUT2D eigenvalue weighted by atomic mass is 32.2. The summed E-state index contributed by atoms with van der Waals surface area (Å²) in [5, 5.41) is 2.76. The first-order valence-corrected chi connectivity index (χ1v) is 9.01. The summed E-state index contributed by atoms with van der Waals surface area (Å²) in [5.41, 5.74) is 8.34. The fourth-order valence-corrected chi connectivity index (χ4v) is 2.86. The summed E-state index contributed by atoms with van der Waals surface area (Å²) in [5.74, 6) is -2.14. The lowest BCUT2D eigenvalue weighted by molar-refractivity contribution is 0.102. The van der Waals surface area contributed by atoms with Gasteiger partial charge >= 0.3 is 0 Å². The Labute approximate surface area is 154 Å². The fourth-order valence-electron chi connectivity index (χ4n) is 2.46. The van der Waals surface area contributed by atoms with Gasteiger partial charge in [0.05, 0.1) is 11.4 Å². The Morgan fingerprint density at radius 2 is 1.58 bits per heavy atom. The summed E-state index contributed by atoms with van der Waals surface area (Å²) < 4.78 is 26.6. The van der Waals surface area contributed by atoms with Gasteiger partial charge in [0.2, 0.25) is 0 Å². The van der Waals surface area contributed by atoms with E-state index in [2.05, 4.69) is 5.32 Å². The van der Waals surface area contributed by atoms with Crippen molar-refractivity contribution in [3.05, 3.63) is 77.9 Å². The average Bonchev–Trinajstić information content (AvgIpc) is 2.66. The van der Waals surface area contributed by atoms with Crippen LogP contribution in [0.4, 0.5) is 20.2 Å². The normalized spacial score (nSPS) is 10.6. The molecule has 0 fully saturated rings. The van der Waals surface area contributed by atoms with E-state index in [0.717, 1.165) is 17.0 Å². The minimum atomic E-state index is -0.932. The average molecular weight is 370 g/mol. The number of amides is 1. The van der Waals surface area contributed by atoms with Gasteiger partial charge in [-0.25, -0.2) is 8.78 Å². The van der Waals surface area contributed by atoms with Crippen LogP contribution in [0.25, 0.3) is 11.1 Å². The number of rotatable bonds is 4. The smallest absolute Gasteiger partial charge is 0.255 e. The molecule has 26 heavy (non-hydrogen) atoms. The van der Waals surface area contributed by atoms with E-state index in [-0.39, 0.29) is 5.91 Å². The zero-order chi connectivity index (χ0) is 18.7. The Hall–Kier alpha value is -2.86. The molecule has 0 heterocycles. The van der Waals surface area contributed by atoms with Crippen molar-refractivity contribution < 1.29 is 13.6 Å². The first-order chi connectivity index (χ1) is 12.5. The Bertz CT molecular complexity index is 959. The van der Waals surface area contributed by atoms with Gasteiger partial charge < -0.3 is 11.1 Å². The third-order valence-corrected chi connectivity index (χ3v) is 4.65. The van der Waals surface area contributed by atoms with Gasteiger partial charge in [0.25, 0.3) is 5.91 Å². The zero-order valence-electron chi connectivity index (χ0n) is 13.9. The van der Waals surface area contributed by atoms with Gasteiger partial charge in [0.15, 0.2) is 11.6 Å². The minimum Gasteiger partial charge on any atom is -0.397 e. The van der Waals surface area contributed by atoms with E-state index in [1.807, 2.05) is 18.4 Å². The van der Waals surface area contributed by atoms with Crippen molar-refractivity contribution in [1.82, 2.24) is 0 Å². The van der Waals surface area contributed by atoms with Crippen LogP contribution in [-0.4, -0.2) is 12.2 Å². The van der Waals surface area contributed by atoms with Crippen LogP contribution in [0.5, 0.6) is 0 Å². The number of nitrogens with one attached hydrogen (secondary N) is 1. The minimum absolute atomic E-state index is 0.299. The summed E-state index contributed by atoms with van der Waals surface area (Å²) in [7, 11) is 0. The maximum atomic E-state index is 13.5. The van der Waals surface area contributed by atoms with E-state index in [9.17, 15) is 13.6 Å². The standard InChI is InChI=1S/C20H16F2N2OS/c1-26-15-6-2-12(3-7-15)20(25)24-19-11-14(5-9-18(19)23)13-4-8-16(21)17(22)10-13/h2-11H,23H2,1H3,(H,24,25). The molecule has 0 spiro atoms. The van der Waals surface area contributed by atoms with Crippen LogP contribution in [0.15, 0.2) is 65.6 Å². The molecule has 0 atom stereocenters. The zero-order valence-corrected chi connectivity index (χ0v) is 14.7. The van der Waals surface area contributed by atoms with E-state index in [1.165, 1.54) is 6.07 Å². The maximum absolute atomic E-state index is 13.5. The van der Waals surface area contributed by atoms with E-state index >= 15 is 0 Å². The van der Waals surface area contributed by atoms with Crippen LogP contribution in [0.3, 0.4) is 0 Å². The second-order valence-corrected chi connectivity index (χ2v) is 6.49. The number of benzene rings is 3. The summed E-state index contributed by atoms with van der Waals surface area (Å²) in [6.45, 7) is 0. The summed E-state index contributed by atoms with van der Waals surface area (Å²) in [6.07, 6.45) is 1.96. The highest BCUT2D eigenvalue weighted by Gasteiger charge is 2.11. The lowest BCUT2D eigenvalue weighted by Gasteiger charge is -2.11. The molecule has 132 valence electrons. The van der Waals surface area contributed by atoms with Crippen LogP contribution in [-0.2, 0) is 0 Å². The van der Waals surface area contributed by atoms with Gasteiger partial charge in [-0.3, -0.25) is 4.79 Å². The lowest BCUT2D eigenvalue weighted by atomic mass is 10.0. The molecule has 0 saturated carbocycles. The lowest BCUT2D eigenvalue weighted by Crippen LogP contribution is -2.13. The maximum Gasteiger partial charge on any atom is 0.255 e. The first kappa shape index (κ1) is 17.9. The molecule has 0 saturated heterocycles. The van der Waals surface area contributed by atoms with E-state index in [0.29, 0.717) is 28.1 Å². The highest BCUT2D eigenvalue weighted by Crippen LogP contribution is 2.28. The molecule has 0 aliphatic heterocycles. The number of nitrogen functional groups attached to an aromatic ring is 1. The summed E-state index contributed by atoms with van der Waals surface area (Å²) in [4.78, 5) is 13.5. The van der Waals surface area contributed by atoms with Gasteiger partial charge in [-0.2, -0.15) is 0 Å². The number of hydrogen-bond donors (Lipinski definition) is 2. The molecule has 3 aromatic rings. The molecule has 3 aromatic carbocycles. The van der Waals surface area contributed by atoms with Crippen molar-refractivity contribution >= 4 is 29.0 Å². The predicted octanol–water partition coefficient (Wildman–Crippen LogP) is 5.19. The van der Waals surface area contributed by atoms with Gasteiger partial charge in [0.1, 0.15) is 0 Å². The monoisotopic (exact) mass is 370 g/mol. The summed E-state index contributed by atoms with van der Waals surface area (Å²) in [6, 6.07) is 15.8. The molecular formula is C20H16F2N2OS. The largest absolute Gasteiger partial charge is 0.397 e. The molecule has 6 heteroatoms. The number of anilines is 2. The van der Waals surface area contributed by atoms with Gasteiger partial charge in [0, 0.05) is 10.5 Å². The van der Waals surface area contributed by atoms with E-state index in [4.69, 9.17) is 5.73 Å². The third kappa shape index (κ3) is 3.86. The molecule has 0 unspecified atom stereocenters. The second kappa shape index (κ2) is 7.58. The topological polar surface area (TPSA) is 55.1 Å². The Morgan fingerprint density at radius 1 is 0.923 bits per heavy atom. The Kier molecular flexibility index (Phi) is 5.23. The quantitative estimate of drug-likeness (QED) is 0.491. The molecule has 0 aliphatic carbocycles. The van der Waals surface area contributed by atoms with Crippen LogP contribution in [0.1, 0.15) is 10.4 Å². The summed E-state index contributed by atoms with van der Waals surface area (Å²) >= 11 is 1.59. The molecule has 0 aliphatic rings. The van der Waals surface area contributed by atoms with Crippen LogP contribution >= 0.6 is 11.8 Å². The van der Waals surface area contributed by atoms with Gasteiger partial charge in [-0.05, 0) is 65.9 Å². The second-order valence-electron chi connectivity index (χ2n) is 5.61. The van der Waals surface area contributed by atoms with Crippen molar-refractivity contribution in [1.29, 1.82) is 0 Å². The Balaban J connectivity index is 1.87. The van der Waals surface area contributed by atoms with Crippen LogP contribution in [0, 0.1) is 11.6 Å². The molecule has 3 N–H and O–H groups in total. The van der Waals surface area contributed by atoms with Gasteiger partial charge in [-0.15, -0.1) is 11.8 Å². The third-order valence-electron chi connectivity index (χ3n) is 3.91. The molecular weight excluding hydrogens is 354 g/mol. The SMILES string of the molecule is CSc1ccc(C(=O)Nc2cc(-c3ccc(F)c(F)c3)ccc2N)cc1.